The number of carbonyl (C=O) groups excluding carboxylic acids is 3. The van der Waals surface area contributed by atoms with E-state index in [1.807, 2.05) is 67.7 Å². The second-order valence-corrected chi connectivity index (χ2v) is 8.01. The lowest BCUT2D eigenvalue weighted by atomic mass is 10.1. The molecule has 1 saturated heterocycles. The van der Waals surface area contributed by atoms with E-state index in [1.54, 1.807) is 0 Å². The van der Waals surface area contributed by atoms with Gasteiger partial charge in [-0.05, 0) is 80.1 Å². The molecule has 3 aromatic rings. The van der Waals surface area contributed by atoms with Gasteiger partial charge in [-0.15, -0.1) is 0 Å². The Morgan fingerprint density at radius 2 is 1.52 bits per heavy atom. The third-order valence-corrected chi connectivity index (χ3v) is 5.58. The van der Waals surface area contributed by atoms with Crippen LogP contribution in [-0.4, -0.2) is 36.5 Å². The molecule has 33 heavy (non-hydrogen) atoms. The molecular weight excluding hydrogens is 423 g/mol. The Bertz CT molecular complexity index is 1290. The number of nitrogens with zero attached hydrogens (tertiary/aromatic N) is 3. The zero-order valence-electron chi connectivity index (χ0n) is 18.7. The summed E-state index contributed by atoms with van der Waals surface area (Å²) in [5, 5.41) is 2.19. The van der Waals surface area contributed by atoms with Crippen LogP contribution >= 0.6 is 0 Å². The number of hydrogen-bond acceptors (Lipinski definition) is 4. The van der Waals surface area contributed by atoms with E-state index in [4.69, 9.17) is 0 Å². The number of amides is 4. The molecule has 1 N–H and O–H groups in total. The van der Waals surface area contributed by atoms with E-state index < -0.39 is 23.7 Å². The quantitative estimate of drug-likeness (QED) is 0.486. The van der Waals surface area contributed by atoms with Gasteiger partial charge in [-0.3, -0.25) is 14.9 Å². The summed E-state index contributed by atoms with van der Waals surface area (Å²) in [5.41, 5.74) is 4.44. The van der Waals surface area contributed by atoms with Gasteiger partial charge in [0.2, 0.25) is 0 Å². The lowest BCUT2D eigenvalue weighted by Crippen LogP contribution is -2.54. The summed E-state index contributed by atoms with van der Waals surface area (Å²) in [4.78, 5) is 40.8. The Labute approximate surface area is 190 Å². The molecular formula is C25H23FN4O3. The molecule has 1 aliphatic rings. The van der Waals surface area contributed by atoms with Gasteiger partial charge in [-0.1, -0.05) is 0 Å². The third kappa shape index (κ3) is 4.03. The van der Waals surface area contributed by atoms with Gasteiger partial charge in [0.25, 0.3) is 11.8 Å². The average molecular weight is 446 g/mol. The molecule has 1 aliphatic heterocycles. The van der Waals surface area contributed by atoms with Gasteiger partial charge < -0.3 is 9.47 Å². The number of anilines is 2. The van der Waals surface area contributed by atoms with Gasteiger partial charge >= 0.3 is 6.03 Å². The van der Waals surface area contributed by atoms with Crippen molar-refractivity contribution in [1.82, 2.24) is 9.88 Å². The highest BCUT2D eigenvalue weighted by Crippen LogP contribution is 2.27. The molecule has 4 rings (SSSR count). The predicted molar refractivity (Wildman–Crippen MR) is 125 cm³/mol. The number of hydrogen-bond donors (Lipinski definition) is 1. The second kappa shape index (κ2) is 8.38. The number of halogens is 1. The maximum Gasteiger partial charge on any atom is 0.335 e. The van der Waals surface area contributed by atoms with Gasteiger partial charge in [0.15, 0.2) is 0 Å². The highest BCUT2D eigenvalue weighted by molar-refractivity contribution is 6.39. The smallest absolute Gasteiger partial charge is 0.335 e. The van der Waals surface area contributed by atoms with Crippen LogP contribution in [-0.2, 0) is 9.59 Å². The minimum Gasteiger partial charge on any atom is -0.378 e. The molecule has 1 fully saturated rings. The minimum absolute atomic E-state index is 0.170. The van der Waals surface area contributed by atoms with Crippen molar-refractivity contribution in [3.05, 3.63) is 82.9 Å². The highest BCUT2D eigenvalue weighted by Gasteiger charge is 2.37. The Kier molecular flexibility index (Phi) is 5.59. The maximum absolute atomic E-state index is 13.3. The Hall–Kier alpha value is -4.20. The molecule has 2 heterocycles. The molecule has 0 spiro atoms. The fourth-order valence-electron chi connectivity index (χ4n) is 3.87. The van der Waals surface area contributed by atoms with Crippen LogP contribution in [0.25, 0.3) is 11.8 Å². The van der Waals surface area contributed by atoms with Crippen molar-refractivity contribution < 1.29 is 18.8 Å². The Morgan fingerprint density at radius 3 is 2.12 bits per heavy atom. The van der Waals surface area contributed by atoms with Gasteiger partial charge in [0.05, 0.1) is 5.69 Å². The molecule has 0 radical (unpaired) electrons. The fraction of sp³-hybridized carbons (Fsp3) is 0.160. The largest absolute Gasteiger partial charge is 0.378 e. The maximum atomic E-state index is 13.3. The van der Waals surface area contributed by atoms with Crippen molar-refractivity contribution in [2.45, 2.75) is 13.8 Å². The molecule has 0 saturated carbocycles. The summed E-state index contributed by atoms with van der Waals surface area (Å²) in [7, 11) is 3.94. The standard InChI is InChI=1S/C25H23FN4O3/c1-15-13-17(16(2)29(15)20-11-9-19(10-12-20)28(3)4)14-22-23(31)27-25(33)30(24(22)32)21-7-5-18(26)6-8-21/h5-14H,1-4H3,(H,27,31,33)/b22-14+. The van der Waals surface area contributed by atoms with Crippen LogP contribution in [0.3, 0.4) is 0 Å². The first kappa shape index (κ1) is 22.0. The summed E-state index contributed by atoms with van der Waals surface area (Å²) in [5.74, 6) is -2.04. The van der Waals surface area contributed by atoms with Crippen molar-refractivity contribution in [3.63, 3.8) is 0 Å². The number of aryl methyl sites for hydroxylation is 1. The molecule has 0 atom stereocenters. The van der Waals surface area contributed by atoms with E-state index in [9.17, 15) is 18.8 Å². The molecule has 7 nitrogen and oxygen atoms in total. The minimum atomic E-state index is -0.875. The fourth-order valence-corrected chi connectivity index (χ4v) is 3.87. The number of rotatable bonds is 4. The van der Waals surface area contributed by atoms with E-state index in [0.717, 1.165) is 39.8 Å². The number of barbiturate groups is 1. The summed E-state index contributed by atoms with van der Waals surface area (Å²) >= 11 is 0. The zero-order valence-corrected chi connectivity index (χ0v) is 18.7. The zero-order chi connectivity index (χ0) is 23.9. The topological polar surface area (TPSA) is 74.6 Å². The van der Waals surface area contributed by atoms with E-state index in [2.05, 4.69) is 5.32 Å². The molecule has 4 amide bonds. The average Bonchev–Trinajstić information content (AvgIpc) is 3.05. The molecule has 0 aliphatic carbocycles. The second-order valence-electron chi connectivity index (χ2n) is 8.01. The number of imide groups is 2. The SMILES string of the molecule is Cc1cc(/C=C2\C(=O)NC(=O)N(c3ccc(F)cc3)C2=O)c(C)n1-c1ccc(N(C)C)cc1. The van der Waals surface area contributed by atoms with Crippen molar-refractivity contribution >= 4 is 35.3 Å². The number of aromatic nitrogens is 1. The van der Waals surface area contributed by atoms with Crippen molar-refractivity contribution in [2.75, 3.05) is 23.9 Å². The van der Waals surface area contributed by atoms with Crippen LogP contribution in [0.1, 0.15) is 17.0 Å². The molecule has 8 heteroatoms. The van der Waals surface area contributed by atoms with Crippen molar-refractivity contribution in [1.29, 1.82) is 0 Å². The predicted octanol–water partition coefficient (Wildman–Crippen LogP) is 3.97. The molecule has 2 aromatic carbocycles. The van der Waals surface area contributed by atoms with Crippen LogP contribution in [0.15, 0.2) is 60.2 Å². The van der Waals surface area contributed by atoms with E-state index in [1.165, 1.54) is 18.2 Å². The summed E-state index contributed by atoms with van der Waals surface area (Å²) < 4.78 is 15.3. The molecule has 1 aromatic heterocycles. The molecule has 168 valence electrons. The molecule has 0 bridgehead atoms. The van der Waals surface area contributed by atoms with Gasteiger partial charge in [0, 0.05) is 36.9 Å². The summed E-state index contributed by atoms with van der Waals surface area (Å²) in [6, 6.07) is 13.9. The number of urea groups is 1. The summed E-state index contributed by atoms with van der Waals surface area (Å²) in [6.07, 6.45) is 1.48. The number of carbonyl (C=O) groups is 3. The summed E-state index contributed by atoms with van der Waals surface area (Å²) in [6.45, 7) is 3.83. The normalized spacial score (nSPS) is 15.2. The van der Waals surface area contributed by atoms with Crippen LogP contribution in [0.2, 0.25) is 0 Å². The van der Waals surface area contributed by atoms with E-state index in [-0.39, 0.29) is 11.3 Å². The van der Waals surface area contributed by atoms with Crippen molar-refractivity contribution in [3.8, 4) is 5.69 Å². The van der Waals surface area contributed by atoms with Crippen molar-refractivity contribution in [2.24, 2.45) is 0 Å². The monoisotopic (exact) mass is 446 g/mol. The highest BCUT2D eigenvalue weighted by atomic mass is 19.1. The lowest BCUT2D eigenvalue weighted by Gasteiger charge is -2.26. The molecule has 0 unspecified atom stereocenters. The van der Waals surface area contributed by atoms with Crippen LogP contribution < -0.4 is 15.1 Å². The van der Waals surface area contributed by atoms with Gasteiger partial charge in [-0.25, -0.2) is 14.1 Å². The first-order chi connectivity index (χ1) is 15.7. The van der Waals surface area contributed by atoms with E-state index >= 15 is 0 Å². The van der Waals surface area contributed by atoms with Gasteiger partial charge in [0.1, 0.15) is 11.4 Å². The van der Waals surface area contributed by atoms with Crippen LogP contribution in [0, 0.1) is 19.7 Å². The Balaban J connectivity index is 1.72. The first-order valence-corrected chi connectivity index (χ1v) is 10.3. The number of nitrogens with one attached hydrogen (secondary N) is 1. The van der Waals surface area contributed by atoms with Crippen LogP contribution in [0.5, 0.6) is 0 Å². The Morgan fingerprint density at radius 1 is 0.909 bits per heavy atom. The van der Waals surface area contributed by atoms with Crippen LogP contribution in [0.4, 0.5) is 20.6 Å². The number of benzene rings is 2. The first-order valence-electron chi connectivity index (χ1n) is 10.3. The van der Waals surface area contributed by atoms with E-state index in [0.29, 0.717) is 5.56 Å². The lowest BCUT2D eigenvalue weighted by molar-refractivity contribution is -0.122. The van der Waals surface area contributed by atoms with Gasteiger partial charge in [-0.2, -0.15) is 0 Å². The third-order valence-electron chi connectivity index (χ3n) is 5.58.